The first-order chi connectivity index (χ1) is 13.7. The van der Waals surface area contributed by atoms with Crippen LogP contribution in [0.4, 0.5) is 10.3 Å². The van der Waals surface area contributed by atoms with E-state index in [-0.39, 0.29) is 5.82 Å². The van der Waals surface area contributed by atoms with Crippen molar-refractivity contribution in [2.75, 3.05) is 25.0 Å². The number of nitrogens with zero attached hydrogens (tertiary/aromatic N) is 4. The molecule has 0 saturated carbocycles. The molecule has 0 radical (unpaired) electrons. The van der Waals surface area contributed by atoms with E-state index in [4.69, 9.17) is 0 Å². The standard InChI is InChI=1S/C21H25FN6/c1-2-23-21-24-10-15(11-25-21)13-28-9-3-4-17(14-28)20-19(12-26-27-20)16-5-7-18(22)8-6-16/h5-8,10-12,17H,2-4,9,13-14H2,1H3,(H,26,27)(H,23,24,25)/t17-/m0/s1. The normalized spacial score (nSPS) is 17.6. The number of aromatic amines is 1. The first kappa shape index (κ1) is 18.6. The molecule has 0 amide bonds. The molecule has 0 unspecified atom stereocenters. The number of anilines is 1. The highest BCUT2D eigenvalue weighted by molar-refractivity contribution is 5.65. The number of benzene rings is 1. The van der Waals surface area contributed by atoms with Crippen molar-refractivity contribution in [3.8, 4) is 11.1 Å². The molecule has 4 rings (SSSR count). The van der Waals surface area contributed by atoms with Crippen LogP contribution in [0.15, 0.2) is 42.9 Å². The number of piperidine rings is 1. The van der Waals surface area contributed by atoms with E-state index in [1.54, 1.807) is 0 Å². The molecule has 1 saturated heterocycles. The Bertz CT molecular complexity index is 890. The molecule has 6 nitrogen and oxygen atoms in total. The van der Waals surface area contributed by atoms with Gasteiger partial charge in [-0.05, 0) is 44.0 Å². The summed E-state index contributed by atoms with van der Waals surface area (Å²) in [5.41, 5.74) is 4.31. The molecule has 146 valence electrons. The summed E-state index contributed by atoms with van der Waals surface area (Å²) in [6, 6.07) is 6.62. The van der Waals surface area contributed by atoms with E-state index in [9.17, 15) is 4.39 Å². The van der Waals surface area contributed by atoms with Gasteiger partial charge in [-0.15, -0.1) is 0 Å². The summed E-state index contributed by atoms with van der Waals surface area (Å²) in [5, 5.41) is 10.6. The van der Waals surface area contributed by atoms with Crippen LogP contribution in [0.1, 0.15) is 36.9 Å². The molecule has 3 aromatic rings. The molecule has 1 atom stereocenters. The van der Waals surface area contributed by atoms with Crippen LogP contribution in [-0.4, -0.2) is 44.7 Å². The maximum Gasteiger partial charge on any atom is 0.222 e. The molecule has 28 heavy (non-hydrogen) atoms. The number of likely N-dealkylation sites (tertiary alicyclic amines) is 1. The van der Waals surface area contributed by atoms with Gasteiger partial charge in [0.2, 0.25) is 5.95 Å². The predicted molar refractivity (Wildman–Crippen MR) is 107 cm³/mol. The summed E-state index contributed by atoms with van der Waals surface area (Å²) >= 11 is 0. The van der Waals surface area contributed by atoms with Crippen molar-refractivity contribution >= 4 is 5.95 Å². The summed E-state index contributed by atoms with van der Waals surface area (Å²) < 4.78 is 13.3. The van der Waals surface area contributed by atoms with E-state index in [2.05, 4.69) is 30.4 Å². The highest BCUT2D eigenvalue weighted by atomic mass is 19.1. The Morgan fingerprint density at radius 2 is 1.96 bits per heavy atom. The molecular weight excluding hydrogens is 355 g/mol. The lowest BCUT2D eigenvalue weighted by Gasteiger charge is -2.32. The Kier molecular flexibility index (Phi) is 5.62. The minimum absolute atomic E-state index is 0.222. The molecule has 2 N–H and O–H groups in total. The number of rotatable bonds is 6. The molecule has 1 aliphatic heterocycles. The molecule has 0 spiro atoms. The van der Waals surface area contributed by atoms with Gasteiger partial charge in [-0.2, -0.15) is 5.10 Å². The lowest BCUT2D eigenvalue weighted by atomic mass is 9.90. The Morgan fingerprint density at radius 3 is 2.71 bits per heavy atom. The van der Waals surface area contributed by atoms with Gasteiger partial charge in [-0.1, -0.05) is 12.1 Å². The number of hydrogen-bond acceptors (Lipinski definition) is 5. The second-order valence-electron chi connectivity index (χ2n) is 7.22. The Hall–Kier alpha value is -2.80. The summed E-state index contributed by atoms with van der Waals surface area (Å²) in [7, 11) is 0. The fourth-order valence-corrected chi connectivity index (χ4v) is 3.85. The van der Waals surface area contributed by atoms with Crippen LogP contribution in [0.2, 0.25) is 0 Å². The maximum absolute atomic E-state index is 13.3. The zero-order valence-electron chi connectivity index (χ0n) is 16.0. The zero-order chi connectivity index (χ0) is 19.3. The molecule has 7 heteroatoms. The van der Waals surface area contributed by atoms with Crippen molar-refractivity contribution in [3.63, 3.8) is 0 Å². The van der Waals surface area contributed by atoms with E-state index < -0.39 is 0 Å². The Balaban J connectivity index is 1.46. The Labute approximate surface area is 164 Å². The number of aromatic nitrogens is 4. The van der Waals surface area contributed by atoms with Crippen LogP contribution in [0, 0.1) is 5.82 Å². The van der Waals surface area contributed by atoms with E-state index in [0.29, 0.717) is 11.9 Å². The maximum atomic E-state index is 13.3. The van der Waals surface area contributed by atoms with E-state index in [1.165, 1.54) is 12.1 Å². The number of nitrogens with one attached hydrogen (secondary N) is 2. The van der Waals surface area contributed by atoms with Crippen molar-refractivity contribution < 1.29 is 4.39 Å². The van der Waals surface area contributed by atoms with Gasteiger partial charge in [-0.25, -0.2) is 14.4 Å². The van der Waals surface area contributed by atoms with Gasteiger partial charge in [0.1, 0.15) is 5.82 Å². The van der Waals surface area contributed by atoms with Gasteiger partial charge in [0.15, 0.2) is 0 Å². The fourth-order valence-electron chi connectivity index (χ4n) is 3.85. The second-order valence-corrected chi connectivity index (χ2v) is 7.22. The second kappa shape index (κ2) is 8.48. The zero-order valence-corrected chi connectivity index (χ0v) is 16.0. The summed E-state index contributed by atoms with van der Waals surface area (Å²) in [6.07, 6.45) is 7.88. The molecule has 1 aromatic carbocycles. The van der Waals surface area contributed by atoms with Crippen molar-refractivity contribution in [1.29, 1.82) is 0 Å². The molecule has 1 aliphatic rings. The fraction of sp³-hybridized carbons (Fsp3) is 0.381. The minimum Gasteiger partial charge on any atom is -0.355 e. The van der Waals surface area contributed by atoms with Gasteiger partial charge in [-0.3, -0.25) is 10.00 Å². The average molecular weight is 380 g/mol. The SMILES string of the molecule is CCNc1ncc(CN2CCC[C@H](c3[nH]ncc3-c3ccc(F)cc3)C2)cn1. The van der Waals surface area contributed by atoms with Crippen LogP contribution < -0.4 is 5.32 Å². The number of halogens is 1. The van der Waals surface area contributed by atoms with E-state index in [1.807, 2.05) is 37.6 Å². The van der Waals surface area contributed by atoms with Gasteiger partial charge in [0, 0.05) is 54.8 Å². The molecule has 3 heterocycles. The van der Waals surface area contributed by atoms with Gasteiger partial charge < -0.3 is 5.32 Å². The third-order valence-corrected chi connectivity index (χ3v) is 5.18. The number of H-pyrrole nitrogens is 1. The van der Waals surface area contributed by atoms with E-state index in [0.717, 1.165) is 61.4 Å². The van der Waals surface area contributed by atoms with Gasteiger partial charge >= 0.3 is 0 Å². The highest BCUT2D eigenvalue weighted by Gasteiger charge is 2.25. The lowest BCUT2D eigenvalue weighted by Crippen LogP contribution is -2.34. The lowest BCUT2D eigenvalue weighted by molar-refractivity contribution is 0.198. The average Bonchev–Trinajstić information content (AvgIpc) is 3.20. The Morgan fingerprint density at radius 1 is 1.18 bits per heavy atom. The monoisotopic (exact) mass is 380 g/mol. The quantitative estimate of drug-likeness (QED) is 0.680. The van der Waals surface area contributed by atoms with Crippen LogP contribution in [-0.2, 0) is 6.54 Å². The molecule has 0 aliphatic carbocycles. The van der Waals surface area contributed by atoms with Crippen LogP contribution in [0.3, 0.4) is 0 Å². The van der Waals surface area contributed by atoms with Crippen LogP contribution in [0.25, 0.3) is 11.1 Å². The highest BCUT2D eigenvalue weighted by Crippen LogP contribution is 2.33. The molecule has 1 fully saturated rings. The first-order valence-electron chi connectivity index (χ1n) is 9.79. The van der Waals surface area contributed by atoms with Crippen LogP contribution in [0.5, 0.6) is 0 Å². The van der Waals surface area contributed by atoms with Crippen LogP contribution >= 0.6 is 0 Å². The van der Waals surface area contributed by atoms with Gasteiger partial charge in [0.05, 0.1) is 6.20 Å². The summed E-state index contributed by atoms with van der Waals surface area (Å²) in [5.74, 6) is 0.822. The largest absolute Gasteiger partial charge is 0.355 e. The summed E-state index contributed by atoms with van der Waals surface area (Å²) in [4.78, 5) is 11.2. The third kappa shape index (κ3) is 4.20. The molecule has 2 aromatic heterocycles. The number of hydrogen-bond donors (Lipinski definition) is 2. The minimum atomic E-state index is -0.222. The third-order valence-electron chi connectivity index (χ3n) is 5.18. The van der Waals surface area contributed by atoms with Crippen molar-refractivity contribution in [2.24, 2.45) is 0 Å². The summed E-state index contributed by atoms with van der Waals surface area (Å²) in [6.45, 7) is 5.69. The van der Waals surface area contributed by atoms with Crippen molar-refractivity contribution in [1.82, 2.24) is 25.1 Å². The first-order valence-corrected chi connectivity index (χ1v) is 9.79. The molecule has 0 bridgehead atoms. The smallest absolute Gasteiger partial charge is 0.222 e. The predicted octanol–water partition coefficient (Wildman–Crippen LogP) is 3.82. The topological polar surface area (TPSA) is 69.7 Å². The van der Waals surface area contributed by atoms with Crippen molar-refractivity contribution in [3.05, 3.63) is 59.9 Å². The van der Waals surface area contributed by atoms with E-state index >= 15 is 0 Å². The van der Waals surface area contributed by atoms with Crippen molar-refractivity contribution in [2.45, 2.75) is 32.2 Å². The van der Waals surface area contributed by atoms with Gasteiger partial charge in [0.25, 0.3) is 0 Å². The molecular formula is C21H25FN6.